The Hall–Kier alpha value is -3.12. The smallest absolute Gasteiger partial charge is 0.257 e. The summed E-state index contributed by atoms with van der Waals surface area (Å²) in [5, 5.41) is 3.59. The van der Waals surface area contributed by atoms with E-state index in [2.05, 4.69) is 5.32 Å². The lowest BCUT2D eigenvalue weighted by Gasteiger charge is -2.25. The zero-order valence-corrected chi connectivity index (χ0v) is 17.9. The Morgan fingerprint density at radius 3 is 2.45 bits per heavy atom. The molecule has 1 aliphatic rings. The number of fused-ring (bicyclic) bond motifs is 2. The Bertz CT molecular complexity index is 1280. The van der Waals surface area contributed by atoms with Gasteiger partial charge in [-0.25, -0.2) is 9.97 Å². The van der Waals surface area contributed by atoms with Gasteiger partial charge in [-0.1, -0.05) is 61.2 Å². The van der Waals surface area contributed by atoms with Crippen molar-refractivity contribution in [2.24, 2.45) is 0 Å². The Morgan fingerprint density at radius 1 is 1.03 bits per heavy atom. The van der Waals surface area contributed by atoms with Crippen LogP contribution in [0.4, 0.5) is 5.82 Å². The molecule has 5 rings (SSSR count). The highest BCUT2D eigenvalue weighted by Crippen LogP contribution is 2.37. The number of carbonyl (C=O) groups is 1. The predicted molar refractivity (Wildman–Crippen MR) is 124 cm³/mol. The SMILES string of the molecule is Nc1c(C(=O)NCc2ccccc2Cl)c2nc3ccccc3nc2n1C1CCCCC1. The van der Waals surface area contributed by atoms with Crippen molar-refractivity contribution in [1.82, 2.24) is 19.9 Å². The largest absolute Gasteiger partial charge is 0.384 e. The summed E-state index contributed by atoms with van der Waals surface area (Å²) in [7, 11) is 0. The molecule has 6 nitrogen and oxygen atoms in total. The minimum absolute atomic E-state index is 0.233. The second kappa shape index (κ2) is 8.19. The number of halogens is 1. The predicted octanol–water partition coefficient (Wildman–Crippen LogP) is 5.26. The van der Waals surface area contributed by atoms with Gasteiger partial charge >= 0.3 is 0 Å². The number of hydrogen-bond acceptors (Lipinski definition) is 4. The molecule has 158 valence electrons. The third-order valence-corrected chi connectivity index (χ3v) is 6.47. The van der Waals surface area contributed by atoms with Crippen LogP contribution >= 0.6 is 11.6 Å². The van der Waals surface area contributed by atoms with Gasteiger partial charge < -0.3 is 15.6 Å². The van der Waals surface area contributed by atoms with Gasteiger partial charge in [0.2, 0.25) is 0 Å². The molecule has 2 aromatic carbocycles. The normalized spacial score (nSPS) is 14.9. The zero-order valence-electron chi connectivity index (χ0n) is 17.1. The number of hydrogen-bond donors (Lipinski definition) is 2. The van der Waals surface area contributed by atoms with Crippen molar-refractivity contribution in [3.8, 4) is 0 Å². The molecule has 7 heteroatoms. The quantitative estimate of drug-likeness (QED) is 0.460. The van der Waals surface area contributed by atoms with E-state index in [1.54, 1.807) is 0 Å². The van der Waals surface area contributed by atoms with E-state index in [9.17, 15) is 4.79 Å². The summed E-state index contributed by atoms with van der Waals surface area (Å²) in [6.07, 6.45) is 5.60. The lowest BCUT2D eigenvalue weighted by molar-refractivity contribution is 0.0953. The van der Waals surface area contributed by atoms with Gasteiger partial charge in [0.15, 0.2) is 5.65 Å². The molecule has 0 atom stereocenters. The topological polar surface area (TPSA) is 85.8 Å². The Morgan fingerprint density at radius 2 is 1.71 bits per heavy atom. The van der Waals surface area contributed by atoms with Crippen LogP contribution in [-0.2, 0) is 6.54 Å². The fourth-order valence-electron chi connectivity index (χ4n) is 4.52. The number of amides is 1. The highest BCUT2D eigenvalue weighted by Gasteiger charge is 2.28. The first-order valence-corrected chi connectivity index (χ1v) is 11.1. The average molecular weight is 434 g/mol. The van der Waals surface area contributed by atoms with Gasteiger partial charge in [0.1, 0.15) is 16.9 Å². The molecule has 1 saturated carbocycles. The number of benzene rings is 2. The third kappa shape index (κ3) is 3.61. The molecule has 0 radical (unpaired) electrons. The molecule has 1 fully saturated rings. The number of carbonyl (C=O) groups excluding carboxylic acids is 1. The van der Waals surface area contributed by atoms with Gasteiger partial charge in [0.25, 0.3) is 5.91 Å². The molecule has 2 aromatic heterocycles. The van der Waals surface area contributed by atoms with E-state index in [0.29, 0.717) is 34.1 Å². The summed E-state index contributed by atoms with van der Waals surface area (Å²) >= 11 is 6.25. The Kier molecular flexibility index (Phi) is 5.24. The minimum atomic E-state index is -0.262. The maximum absolute atomic E-state index is 13.3. The van der Waals surface area contributed by atoms with Crippen LogP contribution in [0.25, 0.3) is 22.2 Å². The number of aromatic nitrogens is 3. The monoisotopic (exact) mass is 433 g/mol. The van der Waals surface area contributed by atoms with Crippen LogP contribution in [0, 0.1) is 0 Å². The van der Waals surface area contributed by atoms with Crippen LogP contribution in [-0.4, -0.2) is 20.4 Å². The number of nitrogens with zero attached hydrogens (tertiary/aromatic N) is 3. The molecule has 0 saturated heterocycles. The van der Waals surface area contributed by atoms with Gasteiger partial charge in [0.05, 0.1) is 11.0 Å². The van der Waals surface area contributed by atoms with Crippen LogP contribution in [0.15, 0.2) is 48.5 Å². The van der Waals surface area contributed by atoms with Gasteiger partial charge in [0, 0.05) is 17.6 Å². The molecule has 0 unspecified atom stereocenters. The molecule has 0 spiro atoms. The van der Waals surface area contributed by atoms with Crippen molar-refractivity contribution in [2.45, 2.75) is 44.7 Å². The highest BCUT2D eigenvalue weighted by molar-refractivity contribution is 6.31. The summed E-state index contributed by atoms with van der Waals surface area (Å²) in [6.45, 7) is 0.315. The van der Waals surface area contributed by atoms with Crippen LogP contribution < -0.4 is 11.1 Å². The van der Waals surface area contributed by atoms with Crippen molar-refractivity contribution in [1.29, 1.82) is 0 Å². The van der Waals surface area contributed by atoms with Crippen LogP contribution in [0.2, 0.25) is 5.02 Å². The number of nitrogen functional groups attached to an aromatic ring is 1. The lowest BCUT2D eigenvalue weighted by atomic mass is 9.95. The van der Waals surface area contributed by atoms with E-state index in [1.807, 2.05) is 53.1 Å². The lowest BCUT2D eigenvalue weighted by Crippen LogP contribution is -2.24. The first-order valence-electron chi connectivity index (χ1n) is 10.7. The number of nitrogens with two attached hydrogens (primary N) is 1. The molecule has 1 aliphatic carbocycles. The van der Waals surface area contributed by atoms with Gasteiger partial charge in [-0.15, -0.1) is 0 Å². The van der Waals surface area contributed by atoms with Crippen molar-refractivity contribution < 1.29 is 4.79 Å². The van der Waals surface area contributed by atoms with Crippen molar-refractivity contribution in [3.63, 3.8) is 0 Å². The second-order valence-corrected chi connectivity index (χ2v) is 8.49. The summed E-state index contributed by atoms with van der Waals surface area (Å²) in [4.78, 5) is 22.9. The van der Waals surface area contributed by atoms with E-state index in [-0.39, 0.29) is 11.9 Å². The Labute approximate surface area is 185 Å². The van der Waals surface area contributed by atoms with Crippen LogP contribution in [0.1, 0.15) is 54.1 Å². The first kappa shape index (κ1) is 19.8. The van der Waals surface area contributed by atoms with E-state index in [0.717, 1.165) is 42.3 Å². The Balaban J connectivity index is 1.60. The van der Waals surface area contributed by atoms with Crippen molar-refractivity contribution in [3.05, 3.63) is 64.7 Å². The van der Waals surface area contributed by atoms with Gasteiger partial charge in [-0.2, -0.15) is 0 Å². The molecule has 1 amide bonds. The molecule has 3 N–H and O–H groups in total. The molecular weight excluding hydrogens is 410 g/mol. The van der Waals surface area contributed by atoms with E-state index < -0.39 is 0 Å². The first-order chi connectivity index (χ1) is 15.1. The van der Waals surface area contributed by atoms with E-state index in [1.165, 1.54) is 6.42 Å². The molecule has 2 heterocycles. The minimum Gasteiger partial charge on any atom is -0.384 e. The fourth-order valence-corrected chi connectivity index (χ4v) is 4.72. The second-order valence-electron chi connectivity index (χ2n) is 8.08. The van der Waals surface area contributed by atoms with Crippen molar-refractivity contribution in [2.75, 3.05) is 5.73 Å². The standard InChI is InChI=1S/C24H24ClN5O/c25-17-11-5-4-8-15(17)14-27-24(31)20-21-23(29-19-13-7-6-12-18(19)28-21)30(22(20)26)16-9-2-1-3-10-16/h4-8,11-13,16H,1-3,9-10,14,26H2,(H,27,31). The maximum atomic E-state index is 13.3. The molecule has 4 aromatic rings. The van der Waals surface area contributed by atoms with Crippen LogP contribution in [0.5, 0.6) is 0 Å². The van der Waals surface area contributed by atoms with E-state index >= 15 is 0 Å². The summed E-state index contributed by atoms with van der Waals surface area (Å²) in [5.74, 6) is 0.176. The fraction of sp³-hybridized carbons (Fsp3) is 0.292. The van der Waals surface area contributed by atoms with E-state index in [4.69, 9.17) is 27.3 Å². The summed E-state index contributed by atoms with van der Waals surface area (Å²) < 4.78 is 2.04. The van der Waals surface area contributed by atoms with Gasteiger partial charge in [-0.3, -0.25) is 4.79 Å². The molecule has 0 aliphatic heterocycles. The molecular formula is C24H24ClN5O. The molecule has 31 heavy (non-hydrogen) atoms. The zero-order chi connectivity index (χ0) is 21.4. The van der Waals surface area contributed by atoms with Gasteiger partial charge in [-0.05, 0) is 36.6 Å². The maximum Gasteiger partial charge on any atom is 0.257 e. The number of anilines is 1. The van der Waals surface area contributed by atoms with Crippen molar-refractivity contribution >= 4 is 45.5 Å². The van der Waals surface area contributed by atoms with Crippen LogP contribution in [0.3, 0.4) is 0 Å². The number of nitrogens with one attached hydrogen (secondary N) is 1. The summed E-state index contributed by atoms with van der Waals surface area (Å²) in [5.41, 5.74) is 10.6. The number of para-hydroxylation sites is 2. The average Bonchev–Trinajstić information content (AvgIpc) is 3.08. The summed E-state index contributed by atoms with van der Waals surface area (Å²) in [6, 6.07) is 15.4. The molecule has 0 bridgehead atoms. The highest BCUT2D eigenvalue weighted by atomic mass is 35.5. The number of rotatable bonds is 4. The third-order valence-electron chi connectivity index (χ3n) is 6.10.